The van der Waals surface area contributed by atoms with E-state index in [-0.39, 0.29) is 30.2 Å². The molecule has 136 valence electrons. The molecule has 0 spiro atoms. The number of hydrogen-bond donors (Lipinski definition) is 3. The van der Waals surface area contributed by atoms with Crippen LogP contribution in [0.25, 0.3) is 10.9 Å². The summed E-state index contributed by atoms with van der Waals surface area (Å²) in [6.07, 6.45) is 2.48. The Morgan fingerprint density at radius 1 is 1.26 bits per heavy atom. The van der Waals surface area contributed by atoms with Crippen molar-refractivity contribution in [2.24, 2.45) is 5.92 Å². The summed E-state index contributed by atoms with van der Waals surface area (Å²) in [5.74, 6) is -0.820. The van der Waals surface area contributed by atoms with Crippen LogP contribution in [0.2, 0.25) is 5.15 Å². The molecule has 7 heteroatoms. The van der Waals surface area contributed by atoms with Crippen LogP contribution in [-0.2, 0) is 11.2 Å². The van der Waals surface area contributed by atoms with Gasteiger partial charge in [0.05, 0.1) is 23.3 Å². The van der Waals surface area contributed by atoms with E-state index in [1.807, 2.05) is 24.3 Å². The molecule has 0 radical (unpaired) electrons. The lowest BCUT2D eigenvalue weighted by atomic mass is 9.87. The van der Waals surface area contributed by atoms with E-state index in [1.165, 1.54) is 0 Å². The number of amides is 1. The lowest BCUT2D eigenvalue weighted by Gasteiger charge is -2.25. The van der Waals surface area contributed by atoms with Crippen LogP contribution in [0.15, 0.2) is 42.6 Å². The fraction of sp³-hybridized carbons (Fsp3) is 0.200. The molecular formula is C20H17ClN4O2. The highest BCUT2D eigenvalue weighted by Gasteiger charge is 2.29. The molecule has 1 amide bonds. The van der Waals surface area contributed by atoms with E-state index < -0.39 is 5.92 Å². The number of Topliss-reactive ketones (excluding diaryl/α,β-unsaturated/α-hetero) is 1. The van der Waals surface area contributed by atoms with Gasteiger partial charge in [0.1, 0.15) is 5.15 Å². The number of fused-ring (bicyclic) bond motifs is 2. The molecule has 0 saturated heterocycles. The van der Waals surface area contributed by atoms with Gasteiger partial charge in [-0.3, -0.25) is 9.59 Å². The first-order valence-corrected chi connectivity index (χ1v) is 9.02. The summed E-state index contributed by atoms with van der Waals surface area (Å²) in [4.78, 5) is 31.8. The van der Waals surface area contributed by atoms with Crippen LogP contribution >= 0.6 is 11.6 Å². The molecule has 6 nitrogen and oxygen atoms in total. The van der Waals surface area contributed by atoms with Crippen LogP contribution < -0.4 is 5.32 Å². The number of anilines is 1. The molecule has 3 aromatic rings. The van der Waals surface area contributed by atoms with Crippen LogP contribution in [0.4, 0.5) is 5.69 Å². The molecule has 27 heavy (non-hydrogen) atoms. The molecule has 0 unspecified atom stereocenters. The van der Waals surface area contributed by atoms with Crippen LogP contribution in [0.3, 0.4) is 0 Å². The largest absolute Gasteiger partial charge is 0.351 e. The van der Waals surface area contributed by atoms with Gasteiger partial charge in [0.25, 0.3) is 0 Å². The standard InChI is InChI=1S/C20H17ClN4O2/c21-19-9-12-8-16(24-17(12)10-23-19)18(26)6-5-14(22)13-7-11-3-1-2-4-15(11)25-20(13)27/h1-4,8-10,13,22,24H,5-7H2,(H,25,27)/t13-/m0/s1. The molecule has 1 aliphatic rings. The zero-order chi connectivity index (χ0) is 19.0. The molecule has 4 rings (SSSR count). The Hall–Kier alpha value is -2.99. The Bertz CT molecular complexity index is 1070. The Balaban J connectivity index is 1.42. The summed E-state index contributed by atoms with van der Waals surface area (Å²) in [6.45, 7) is 0. The maximum absolute atomic E-state index is 12.5. The van der Waals surface area contributed by atoms with Gasteiger partial charge in [-0.25, -0.2) is 4.98 Å². The molecule has 1 aliphatic heterocycles. The average Bonchev–Trinajstić information content (AvgIpc) is 3.08. The number of pyridine rings is 1. The zero-order valence-corrected chi connectivity index (χ0v) is 15.1. The number of carbonyl (C=O) groups excluding carboxylic acids is 2. The smallest absolute Gasteiger partial charge is 0.233 e. The van der Waals surface area contributed by atoms with E-state index in [1.54, 1.807) is 18.3 Å². The number of carbonyl (C=O) groups is 2. The molecule has 0 fully saturated rings. The summed E-state index contributed by atoms with van der Waals surface area (Å²) in [5, 5.41) is 12.3. The quantitative estimate of drug-likeness (QED) is 0.354. The van der Waals surface area contributed by atoms with E-state index >= 15 is 0 Å². The summed E-state index contributed by atoms with van der Waals surface area (Å²) < 4.78 is 0. The summed E-state index contributed by atoms with van der Waals surface area (Å²) >= 11 is 5.87. The number of nitrogens with zero attached hydrogens (tertiary/aromatic N) is 1. The van der Waals surface area contributed by atoms with Crippen molar-refractivity contribution in [3.8, 4) is 0 Å². The zero-order valence-electron chi connectivity index (χ0n) is 14.4. The van der Waals surface area contributed by atoms with Gasteiger partial charge in [-0.2, -0.15) is 0 Å². The van der Waals surface area contributed by atoms with Gasteiger partial charge >= 0.3 is 0 Å². The molecule has 1 aromatic carbocycles. The SMILES string of the molecule is N=C(CCC(=O)c1cc2cc(Cl)ncc2[nH]1)[C@@H]1Cc2ccccc2NC1=O. The highest BCUT2D eigenvalue weighted by molar-refractivity contribution is 6.30. The van der Waals surface area contributed by atoms with Crippen molar-refractivity contribution in [1.29, 1.82) is 5.41 Å². The average molecular weight is 381 g/mol. The predicted octanol–water partition coefficient (Wildman–Crippen LogP) is 4.01. The van der Waals surface area contributed by atoms with Crippen LogP contribution in [0.5, 0.6) is 0 Å². The van der Waals surface area contributed by atoms with Crippen LogP contribution in [0, 0.1) is 11.3 Å². The number of halogens is 1. The molecule has 2 aromatic heterocycles. The highest BCUT2D eigenvalue weighted by atomic mass is 35.5. The van der Waals surface area contributed by atoms with Crippen molar-refractivity contribution in [3.05, 3.63) is 59.0 Å². The van der Waals surface area contributed by atoms with Gasteiger partial charge in [-0.05, 0) is 36.6 Å². The number of aromatic nitrogens is 2. The molecule has 1 atom stereocenters. The highest BCUT2D eigenvalue weighted by Crippen LogP contribution is 2.27. The second-order valence-corrected chi connectivity index (χ2v) is 7.02. The van der Waals surface area contributed by atoms with E-state index in [2.05, 4.69) is 15.3 Å². The minimum absolute atomic E-state index is 0.108. The van der Waals surface area contributed by atoms with Gasteiger partial charge in [0.15, 0.2) is 5.78 Å². The molecular weight excluding hydrogens is 364 g/mol. The van der Waals surface area contributed by atoms with Gasteiger partial charge in [0, 0.05) is 23.2 Å². The van der Waals surface area contributed by atoms with E-state index in [4.69, 9.17) is 17.0 Å². The molecule has 3 heterocycles. The van der Waals surface area contributed by atoms with Crippen LogP contribution in [0.1, 0.15) is 28.9 Å². The summed E-state index contributed by atoms with van der Waals surface area (Å²) in [6, 6.07) is 11.0. The number of ketones is 1. The minimum Gasteiger partial charge on any atom is -0.351 e. The third-order valence-electron chi connectivity index (χ3n) is 4.83. The second kappa shape index (κ2) is 6.96. The topological polar surface area (TPSA) is 98.7 Å². The van der Waals surface area contributed by atoms with Gasteiger partial charge in [-0.1, -0.05) is 29.8 Å². The molecule has 0 saturated carbocycles. The maximum Gasteiger partial charge on any atom is 0.233 e. The van der Waals surface area contributed by atoms with Crippen LogP contribution in [-0.4, -0.2) is 27.4 Å². The summed E-state index contributed by atoms with van der Waals surface area (Å²) in [7, 11) is 0. The van der Waals surface area contributed by atoms with Gasteiger partial charge < -0.3 is 15.7 Å². The van der Waals surface area contributed by atoms with E-state index in [0.717, 1.165) is 22.2 Å². The van der Waals surface area contributed by atoms with Crippen molar-refractivity contribution >= 4 is 45.6 Å². The number of H-pyrrole nitrogens is 1. The Morgan fingerprint density at radius 2 is 2.07 bits per heavy atom. The number of hydrogen-bond acceptors (Lipinski definition) is 4. The number of aromatic amines is 1. The number of benzene rings is 1. The number of rotatable bonds is 5. The first-order valence-electron chi connectivity index (χ1n) is 8.65. The van der Waals surface area contributed by atoms with E-state index in [9.17, 15) is 9.59 Å². The van der Waals surface area contributed by atoms with Crippen molar-refractivity contribution in [3.63, 3.8) is 0 Å². The lowest BCUT2D eigenvalue weighted by molar-refractivity contribution is -0.118. The Kier molecular flexibility index (Phi) is 4.49. The van der Waals surface area contributed by atoms with Crippen molar-refractivity contribution < 1.29 is 9.59 Å². The molecule has 0 bridgehead atoms. The fourth-order valence-electron chi connectivity index (χ4n) is 3.35. The normalized spacial score (nSPS) is 16.0. The molecule has 3 N–H and O–H groups in total. The monoisotopic (exact) mass is 380 g/mol. The third-order valence-corrected chi connectivity index (χ3v) is 5.04. The van der Waals surface area contributed by atoms with Crippen molar-refractivity contribution in [2.75, 3.05) is 5.32 Å². The minimum atomic E-state index is -0.529. The number of nitrogens with one attached hydrogen (secondary N) is 3. The second-order valence-electron chi connectivity index (χ2n) is 6.63. The first-order chi connectivity index (χ1) is 13.0. The Labute approximate surface area is 160 Å². The van der Waals surface area contributed by atoms with Crippen molar-refractivity contribution in [2.45, 2.75) is 19.3 Å². The molecule has 0 aliphatic carbocycles. The lowest BCUT2D eigenvalue weighted by Crippen LogP contribution is -2.35. The van der Waals surface area contributed by atoms with E-state index in [0.29, 0.717) is 17.3 Å². The van der Waals surface area contributed by atoms with Crippen molar-refractivity contribution in [1.82, 2.24) is 9.97 Å². The van der Waals surface area contributed by atoms with Gasteiger partial charge in [0.2, 0.25) is 5.91 Å². The predicted molar refractivity (Wildman–Crippen MR) is 105 cm³/mol. The third kappa shape index (κ3) is 3.48. The Morgan fingerprint density at radius 3 is 2.93 bits per heavy atom. The maximum atomic E-state index is 12.5. The number of para-hydroxylation sites is 1. The fourth-order valence-corrected chi connectivity index (χ4v) is 3.51. The van der Waals surface area contributed by atoms with Gasteiger partial charge in [-0.15, -0.1) is 0 Å². The summed E-state index contributed by atoms with van der Waals surface area (Å²) in [5.41, 5.74) is 3.28. The first kappa shape index (κ1) is 17.4.